The molecule has 0 saturated carbocycles. The number of nitrogens with one attached hydrogen (secondary N) is 1. The molecular weight excluding hydrogens is 348 g/mol. The predicted molar refractivity (Wildman–Crippen MR) is 102 cm³/mol. The second-order valence-corrected chi connectivity index (χ2v) is 6.78. The fraction of sp³-hybridized carbons (Fsp3) is 0.381. The van der Waals surface area contributed by atoms with E-state index in [4.69, 9.17) is 0 Å². The van der Waals surface area contributed by atoms with Crippen molar-refractivity contribution in [3.05, 3.63) is 71.3 Å². The molecule has 1 aliphatic heterocycles. The molecule has 0 unspecified atom stereocenters. The van der Waals surface area contributed by atoms with Gasteiger partial charge in [-0.2, -0.15) is 0 Å². The Balaban J connectivity index is 1.35. The molecule has 2 aromatic rings. The third-order valence-electron chi connectivity index (χ3n) is 4.92. The summed E-state index contributed by atoms with van der Waals surface area (Å²) in [5.41, 5.74) is 1.73. The number of piperazine rings is 1. The lowest BCUT2D eigenvalue weighted by atomic mass is 10.1. The Labute approximate surface area is 158 Å². The smallest absolute Gasteiger partial charge is 0.317 e. The number of carbonyl (C=O) groups is 1. The highest BCUT2D eigenvalue weighted by atomic mass is 19.1. The van der Waals surface area contributed by atoms with E-state index in [0.29, 0.717) is 32.5 Å². The van der Waals surface area contributed by atoms with Crippen molar-refractivity contribution in [2.45, 2.75) is 12.8 Å². The van der Waals surface area contributed by atoms with Crippen LogP contribution in [0.5, 0.6) is 0 Å². The predicted octanol–water partition coefficient (Wildman–Crippen LogP) is 3.08. The van der Waals surface area contributed by atoms with Crippen LogP contribution in [-0.2, 0) is 12.8 Å². The van der Waals surface area contributed by atoms with E-state index in [1.807, 2.05) is 17.0 Å². The molecule has 27 heavy (non-hydrogen) atoms. The molecule has 1 fully saturated rings. The van der Waals surface area contributed by atoms with Gasteiger partial charge in [-0.25, -0.2) is 13.6 Å². The van der Waals surface area contributed by atoms with Crippen LogP contribution in [0.4, 0.5) is 13.6 Å². The lowest BCUT2D eigenvalue weighted by molar-refractivity contribution is 0.140. The number of carbonyl (C=O) groups excluding carboxylic acids is 1. The summed E-state index contributed by atoms with van der Waals surface area (Å²) in [5, 5.41) is 2.92. The van der Waals surface area contributed by atoms with Gasteiger partial charge in [0.2, 0.25) is 0 Å². The Morgan fingerprint density at radius 3 is 2.33 bits per heavy atom. The number of amides is 2. The Morgan fingerprint density at radius 1 is 0.926 bits per heavy atom. The van der Waals surface area contributed by atoms with Gasteiger partial charge in [0.15, 0.2) is 0 Å². The number of nitrogens with zero attached hydrogens (tertiary/aromatic N) is 2. The lowest BCUT2D eigenvalue weighted by Crippen LogP contribution is -2.52. The Bertz CT molecular complexity index is 743. The number of hydrogen-bond acceptors (Lipinski definition) is 2. The second kappa shape index (κ2) is 9.46. The molecule has 1 saturated heterocycles. The molecule has 0 bridgehead atoms. The average Bonchev–Trinajstić information content (AvgIpc) is 2.69. The van der Waals surface area contributed by atoms with Crippen LogP contribution in [0, 0.1) is 11.6 Å². The van der Waals surface area contributed by atoms with Crippen molar-refractivity contribution >= 4 is 6.03 Å². The van der Waals surface area contributed by atoms with E-state index in [9.17, 15) is 13.6 Å². The van der Waals surface area contributed by atoms with Gasteiger partial charge in [-0.05, 0) is 42.2 Å². The van der Waals surface area contributed by atoms with Crippen LogP contribution in [0.1, 0.15) is 11.1 Å². The maximum atomic E-state index is 13.7. The van der Waals surface area contributed by atoms with Crippen LogP contribution < -0.4 is 5.32 Å². The number of urea groups is 1. The van der Waals surface area contributed by atoms with E-state index in [2.05, 4.69) is 10.2 Å². The minimum Gasteiger partial charge on any atom is -0.338 e. The molecule has 0 spiro atoms. The molecule has 2 amide bonds. The average molecular weight is 373 g/mol. The van der Waals surface area contributed by atoms with Crippen LogP contribution >= 0.6 is 0 Å². The second-order valence-electron chi connectivity index (χ2n) is 6.78. The van der Waals surface area contributed by atoms with Crippen molar-refractivity contribution in [3.8, 4) is 0 Å². The molecule has 3 rings (SSSR count). The SMILES string of the molecule is O=C(NCCc1ccc(F)cc1)N1CCN(CCc2ccccc2F)CC1. The highest BCUT2D eigenvalue weighted by Crippen LogP contribution is 2.09. The summed E-state index contributed by atoms with van der Waals surface area (Å²) < 4.78 is 26.6. The summed E-state index contributed by atoms with van der Waals surface area (Å²) >= 11 is 0. The summed E-state index contributed by atoms with van der Waals surface area (Å²) in [4.78, 5) is 16.3. The van der Waals surface area contributed by atoms with Gasteiger partial charge >= 0.3 is 6.03 Å². The normalized spacial score (nSPS) is 15.0. The molecule has 0 atom stereocenters. The van der Waals surface area contributed by atoms with Crippen molar-refractivity contribution in [1.29, 1.82) is 0 Å². The van der Waals surface area contributed by atoms with Gasteiger partial charge in [0.1, 0.15) is 11.6 Å². The molecule has 6 heteroatoms. The molecule has 1 aliphatic rings. The van der Waals surface area contributed by atoms with Crippen LogP contribution in [0.2, 0.25) is 0 Å². The molecule has 0 aromatic heterocycles. The van der Waals surface area contributed by atoms with E-state index in [1.165, 1.54) is 18.2 Å². The lowest BCUT2D eigenvalue weighted by Gasteiger charge is -2.34. The topological polar surface area (TPSA) is 35.6 Å². The molecule has 0 radical (unpaired) electrons. The quantitative estimate of drug-likeness (QED) is 0.845. The molecule has 1 heterocycles. The summed E-state index contributed by atoms with van der Waals surface area (Å²) in [5.74, 6) is -0.410. The van der Waals surface area contributed by atoms with Crippen molar-refractivity contribution in [2.24, 2.45) is 0 Å². The van der Waals surface area contributed by atoms with Crippen molar-refractivity contribution in [2.75, 3.05) is 39.3 Å². The fourth-order valence-corrected chi connectivity index (χ4v) is 3.23. The van der Waals surface area contributed by atoms with E-state index in [0.717, 1.165) is 30.8 Å². The maximum absolute atomic E-state index is 13.7. The van der Waals surface area contributed by atoms with Gasteiger partial charge in [-0.3, -0.25) is 4.90 Å². The van der Waals surface area contributed by atoms with Gasteiger partial charge in [-0.15, -0.1) is 0 Å². The van der Waals surface area contributed by atoms with Gasteiger partial charge in [0, 0.05) is 39.3 Å². The Hall–Kier alpha value is -2.47. The number of hydrogen-bond donors (Lipinski definition) is 1. The van der Waals surface area contributed by atoms with E-state index in [-0.39, 0.29) is 17.7 Å². The molecule has 0 aliphatic carbocycles. The molecule has 4 nitrogen and oxygen atoms in total. The summed E-state index contributed by atoms with van der Waals surface area (Å²) in [6.07, 6.45) is 1.35. The number of halogens is 2. The minimum atomic E-state index is -0.254. The standard InChI is InChI=1S/C21H25F2N3O/c22-19-7-5-17(6-8-19)9-11-24-21(27)26-15-13-25(14-16-26)12-10-18-3-1-2-4-20(18)23/h1-8H,9-16H2,(H,24,27). The molecule has 1 N–H and O–H groups in total. The first-order chi connectivity index (χ1) is 13.1. The van der Waals surface area contributed by atoms with E-state index in [1.54, 1.807) is 18.2 Å². The van der Waals surface area contributed by atoms with Crippen LogP contribution in [0.25, 0.3) is 0 Å². The Morgan fingerprint density at radius 2 is 1.63 bits per heavy atom. The number of rotatable bonds is 6. The molecular formula is C21H25F2N3O. The fourth-order valence-electron chi connectivity index (χ4n) is 3.23. The number of benzene rings is 2. The summed E-state index contributed by atoms with van der Waals surface area (Å²) in [6.45, 7) is 4.23. The van der Waals surface area contributed by atoms with Gasteiger partial charge in [0.25, 0.3) is 0 Å². The first kappa shape index (κ1) is 19.3. The van der Waals surface area contributed by atoms with Gasteiger partial charge < -0.3 is 10.2 Å². The highest BCUT2D eigenvalue weighted by Gasteiger charge is 2.20. The van der Waals surface area contributed by atoms with Gasteiger partial charge in [-0.1, -0.05) is 30.3 Å². The molecule has 2 aromatic carbocycles. The third kappa shape index (κ3) is 5.76. The van der Waals surface area contributed by atoms with Crippen molar-refractivity contribution < 1.29 is 13.6 Å². The zero-order valence-electron chi connectivity index (χ0n) is 15.3. The summed E-state index contributed by atoms with van der Waals surface area (Å²) in [6, 6.07) is 13.1. The maximum Gasteiger partial charge on any atom is 0.317 e. The van der Waals surface area contributed by atoms with Crippen molar-refractivity contribution in [1.82, 2.24) is 15.1 Å². The highest BCUT2D eigenvalue weighted by molar-refractivity contribution is 5.74. The van der Waals surface area contributed by atoms with Crippen LogP contribution in [-0.4, -0.2) is 55.1 Å². The third-order valence-corrected chi connectivity index (χ3v) is 4.92. The summed E-state index contributed by atoms with van der Waals surface area (Å²) in [7, 11) is 0. The molecule has 144 valence electrons. The van der Waals surface area contributed by atoms with Gasteiger partial charge in [0.05, 0.1) is 0 Å². The zero-order chi connectivity index (χ0) is 19.1. The first-order valence-electron chi connectivity index (χ1n) is 9.35. The Kier molecular flexibility index (Phi) is 6.76. The van der Waals surface area contributed by atoms with Crippen molar-refractivity contribution in [3.63, 3.8) is 0 Å². The van der Waals surface area contributed by atoms with E-state index < -0.39 is 0 Å². The first-order valence-corrected chi connectivity index (χ1v) is 9.35. The largest absolute Gasteiger partial charge is 0.338 e. The minimum absolute atomic E-state index is 0.0640. The zero-order valence-corrected chi connectivity index (χ0v) is 15.3. The van der Waals surface area contributed by atoms with E-state index >= 15 is 0 Å². The monoisotopic (exact) mass is 373 g/mol. The van der Waals surface area contributed by atoms with Crippen LogP contribution in [0.15, 0.2) is 48.5 Å². The van der Waals surface area contributed by atoms with Crippen LogP contribution in [0.3, 0.4) is 0 Å².